The summed E-state index contributed by atoms with van der Waals surface area (Å²) in [6, 6.07) is 14.8. The van der Waals surface area contributed by atoms with Crippen molar-refractivity contribution in [1.29, 1.82) is 0 Å². The average molecular weight is 273 g/mol. The first-order chi connectivity index (χ1) is 9.65. The number of ether oxygens (including phenoxy) is 2. The van der Waals surface area contributed by atoms with Gasteiger partial charge in [0.05, 0.1) is 0 Å². The Balaban J connectivity index is 1.78. The van der Waals surface area contributed by atoms with Gasteiger partial charge in [0.15, 0.2) is 0 Å². The van der Waals surface area contributed by atoms with Crippen molar-refractivity contribution in [3.05, 3.63) is 54.1 Å². The largest absolute Gasteiger partial charge is 0.491 e. The van der Waals surface area contributed by atoms with Gasteiger partial charge in [-0.1, -0.05) is 24.3 Å². The maximum absolute atomic E-state index is 9.85. The summed E-state index contributed by atoms with van der Waals surface area (Å²) in [4.78, 5) is 0. The average Bonchev–Trinajstić information content (AvgIpc) is 2.44. The van der Waals surface area contributed by atoms with E-state index in [0.717, 1.165) is 11.3 Å². The van der Waals surface area contributed by atoms with Gasteiger partial charge in [-0.25, -0.2) is 0 Å². The van der Waals surface area contributed by atoms with Gasteiger partial charge in [0, 0.05) is 11.8 Å². The standard InChI is InChI=1S/C16H19NO3/c1-12-5-2-3-8-16(12)20-11-14(18)10-19-15-7-4-6-13(17)9-15/h2-9,14,18H,10-11,17H2,1H3. The van der Waals surface area contributed by atoms with E-state index in [1.165, 1.54) is 0 Å². The van der Waals surface area contributed by atoms with Crippen LogP contribution in [0.5, 0.6) is 11.5 Å². The molecule has 0 bridgehead atoms. The predicted molar refractivity (Wildman–Crippen MR) is 79.0 cm³/mol. The molecule has 0 aliphatic rings. The summed E-state index contributed by atoms with van der Waals surface area (Å²) in [5.41, 5.74) is 7.32. The summed E-state index contributed by atoms with van der Waals surface area (Å²) < 4.78 is 11.0. The number of benzene rings is 2. The van der Waals surface area contributed by atoms with Crippen molar-refractivity contribution in [3.8, 4) is 11.5 Å². The summed E-state index contributed by atoms with van der Waals surface area (Å²) >= 11 is 0. The van der Waals surface area contributed by atoms with E-state index in [0.29, 0.717) is 11.4 Å². The van der Waals surface area contributed by atoms with E-state index >= 15 is 0 Å². The fourth-order valence-electron chi connectivity index (χ4n) is 1.75. The minimum absolute atomic E-state index is 0.162. The molecule has 0 fully saturated rings. The number of hydrogen-bond acceptors (Lipinski definition) is 4. The molecular weight excluding hydrogens is 254 g/mol. The summed E-state index contributed by atoms with van der Waals surface area (Å²) in [6.45, 7) is 2.31. The number of hydrogen-bond donors (Lipinski definition) is 2. The van der Waals surface area contributed by atoms with E-state index in [4.69, 9.17) is 15.2 Å². The highest BCUT2D eigenvalue weighted by Crippen LogP contribution is 2.17. The van der Waals surface area contributed by atoms with E-state index < -0.39 is 6.10 Å². The van der Waals surface area contributed by atoms with Crippen LogP contribution in [0, 0.1) is 6.92 Å². The lowest BCUT2D eigenvalue weighted by atomic mass is 10.2. The number of anilines is 1. The molecule has 4 nitrogen and oxygen atoms in total. The van der Waals surface area contributed by atoms with E-state index in [1.54, 1.807) is 24.3 Å². The minimum atomic E-state index is -0.698. The molecule has 0 radical (unpaired) electrons. The van der Waals surface area contributed by atoms with Crippen LogP contribution in [0.15, 0.2) is 48.5 Å². The molecule has 4 heteroatoms. The normalized spacial score (nSPS) is 11.9. The first kappa shape index (κ1) is 14.2. The highest BCUT2D eigenvalue weighted by atomic mass is 16.5. The second-order valence-electron chi connectivity index (χ2n) is 4.61. The molecule has 2 aromatic carbocycles. The Hall–Kier alpha value is -2.20. The topological polar surface area (TPSA) is 64.7 Å². The van der Waals surface area contributed by atoms with Crippen LogP contribution in [0.1, 0.15) is 5.56 Å². The van der Waals surface area contributed by atoms with Crippen molar-refractivity contribution in [2.24, 2.45) is 0 Å². The molecule has 0 aromatic heterocycles. The Labute approximate surface area is 118 Å². The molecule has 0 amide bonds. The number of para-hydroxylation sites is 1. The third-order valence-electron chi connectivity index (χ3n) is 2.83. The van der Waals surface area contributed by atoms with Gasteiger partial charge in [-0.2, -0.15) is 0 Å². The van der Waals surface area contributed by atoms with Crippen molar-refractivity contribution in [3.63, 3.8) is 0 Å². The molecule has 2 rings (SSSR count). The number of aliphatic hydroxyl groups excluding tert-OH is 1. The SMILES string of the molecule is Cc1ccccc1OCC(O)COc1cccc(N)c1. The van der Waals surface area contributed by atoms with Crippen molar-refractivity contribution >= 4 is 5.69 Å². The van der Waals surface area contributed by atoms with Gasteiger partial charge >= 0.3 is 0 Å². The van der Waals surface area contributed by atoms with Crippen LogP contribution in [-0.2, 0) is 0 Å². The molecule has 2 aromatic rings. The molecule has 0 spiro atoms. The van der Waals surface area contributed by atoms with E-state index in [-0.39, 0.29) is 13.2 Å². The zero-order chi connectivity index (χ0) is 14.4. The van der Waals surface area contributed by atoms with Crippen LogP contribution in [0.3, 0.4) is 0 Å². The lowest BCUT2D eigenvalue weighted by molar-refractivity contribution is 0.0624. The molecule has 0 heterocycles. The molecule has 106 valence electrons. The van der Waals surface area contributed by atoms with Gasteiger partial charge in [-0.3, -0.25) is 0 Å². The first-order valence-electron chi connectivity index (χ1n) is 6.50. The number of rotatable bonds is 6. The van der Waals surface area contributed by atoms with Gasteiger partial charge in [0.25, 0.3) is 0 Å². The van der Waals surface area contributed by atoms with Gasteiger partial charge in [-0.15, -0.1) is 0 Å². The Bertz CT molecular complexity index is 557. The fraction of sp³-hybridized carbons (Fsp3) is 0.250. The van der Waals surface area contributed by atoms with Crippen LogP contribution < -0.4 is 15.2 Å². The van der Waals surface area contributed by atoms with Crippen molar-refractivity contribution in [2.45, 2.75) is 13.0 Å². The summed E-state index contributed by atoms with van der Waals surface area (Å²) in [5, 5.41) is 9.85. The molecule has 3 N–H and O–H groups in total. The maximum Gasteiger partial charge on any atom is 0.122 e. The van der Waals surface area contributed by atoms with Gasteiger partial charge in [-0.05, 0) is 30.7 Å². The van der Waals surface area contributed by atoms with Gasteiger partial charge in [0.2, 0.25) is 0 Å². The van der Waals surface area contributed by atoms with Gasteiger partial charge in [0.1, 0.15) is 30.8 Å². The van der Waals surface area contributed by atoms with E-state index in [9.17, 15) is 5.11 Å². The van der Waals surface area contributed by atoms with Crippen LogP contribution in [0.2, 0.25) is 0 Å². The second kappa shape index (κ2) is 6.82. The molecule has 0 aliphatic carbocycles. The Morgan fingerprint density at radius 3 is 2.55 bits per heavy atom. The van der Waals surface area contributed by atoms with Gasteiger partial charge < -0.3 is 20.3 Å². The third-order valence-corrected chi connectivity index (χ3v) is 2.83. The zero-order valence-electron chi connectivity index (χ0n) is 11.5. The number of aliphatic hydroxyl groups is 1. The molecule has 1 unspecified atom stereocenters. The molecule has 0 saturated carbocycles. The molecule has 0 saturated heterocycles. The molecule has 0 aliphatic heterocycles. The molecular formula is C16H19NO3. The van der Waals surface area contributed by atoms with Crippen molar-refractivity contribution < 1.29 is 14.6 Å². The van der Waals surface area contributed by atoms with Crippen LogP contribution >= 0.6 is 0 Å². The van der Waals surface area contributed by atoms with Crippen molar-refractivity contribution in [2.75, 3.05) is 18.9 Å². The summed E-state index contributed by atoms with van der Waals surface area (Å²) in [5.74, 6) is 1.41. The van der Waals surface area contributed by atoms with Crippen LogP contribution in [0.25, 0.3) is 0 Å². The Kier molecular flexibility index (Phi) is 4.85. The lowest BCUT2D eigenvalue weighted by Crippen LogP contribution is -2.25. The van der Waals surface area contributed by atoms with Crippen molar-refractivity contribution in [1.82, 2.24) is 0 Å². The zero-order valence-corrected chi connectivity index (χ0v) is 11.5. The minimum Gasteiger partial charge on any atom is -0.491 e. The lowest BCUT2D eigenvalue weighted by Gasteiger charge is -2.14. The van der Waals surface area contributed by atoms with Crippen LogP contribution in [0.4, 0.5) is 5.69 Å². The predicted octanol–water partition coefficient (Wildman–Crippen LogP) is 2.40. The quantitative estimate of drug-likeness (QED) is 0.793. The number of nitrogen functional groups attached to an aromatic ring is 1. The highest BCUT2D eigenvalue weighted by molar-refractivity contribution is 5.43. The second-order valence-corrected chi connectivity index (χ2v) is 4.61. The number of nitrogens with two attached hydrogens (primary N) is 1. The summed E-state index contributed by atoms with van der Waals surface area (Å²) in [6.07, 6.45) is -0.698. The smallest absolute Gasteiger partial charge is 0.122 e. The first-order valence-corrected chi connectivity index (χ1v) is 6.50. The van der Waals surface area contributed by atoms with Crippen LogP contribution in [-0.4, -0.2) is 24.4 Å². The Morgan fingerprint density at radius 2 is 1.80 bits per heavy atom. The van der Waals surface area contributed by atoms with E-state index in [2.05, 4.69) is 0 Å². The third kappa shape index (κ3) is 4.17. The highest BCUT2D eigenvalue weighted by Gasteiger charge is 2.07. The number of aryl methyl sites for hydroxylation is 1. The molecule has 1 atom stereocenters. The monoisotopic (exact) mass is 273 g/mol. The summed E-state index contributed by atoms with van der Waals surface area (Å²) in [7, 11) is 0. The maximum atomic E-state index is 9.85. The fourth-order valence-corrected chi connectivity index (χ4v) is 1.75. The van der Waals surface area contributed by atoms with E-state index in [1.807, 2.05) is 31.2 Å². The Morgan fingerprint density at radius 1 is 1.05 bits per heavy atom. The molecule has 20 heavy (non-hydrogen) atoms.